The molecule has 0 saturated carbocycles. The van der Waals surface area contributed by atoms with Crippen molar-refractivity contribution in [3.63, 3.8) is 0 Å². The van der Waals surface area contributed by atoms with E-state index >= 15 is 0 Å². The van der Waals surface area contributed by atoms with E-state index in [1.54, 1.807) is 24.8 Å². The fraction of sp³-hybridized carbons (Fsp3) is 0.0394. The molecule has 0 bridgehead atoms. The maximum absolute atomic E-state index is 6.41. The van der Waals surface area contributed by atoms with Crippen LogP contribution in [0.2, 0.25) is 0 Å². The van der Waals surface area contributed by atoms with E-state index < -0.39 is 15.1 Å². The average Bonchev–Trinajstić information content (AvgIpc) is 1.64. The van der Waals surface area contributed by atoms with Gasteiger partial charge in [-0.2, -0.15) is 0 Å². The van der Waals surface area contributed by atoms with Crippen molar-refractivity contribution in [3.8, 4) is 90.1 Å². The molecule has 1 aliphatic rings. The van der Waals surface area contributed by atoms with Crippen LogP contribution in [0.25, 0.3) is 171 Å². The molecule has 18 aromatic carbocycles. The van der Waals surface area contributed by atoms with Crippen molar-refractivity contribution in [1.29, 1.82) is 0 Å². The van der Waals surface area contributed by atoms with E-state index in [2.05, 4.69) is 407 Å². The summed E-state index contributed by atoms with van der Waals surface area (Å²) >= 11 is -2.86. The van der Waals surface area contributed by atoms with Gasteiger partial charge >= 0.3 is 15.1 Å². The Hall–Kier alpha value is -16.4. The van der Waals surface area contributed by atoms with Gasteiger partial charge in [0.25, 0.3) is 0 Å². The minimum atomic E-state index is -2.86. The molecule has 0 amide bonds. The first kappa shape index (κ1) is 93.3. The van der Waals surface area contributed by atoms with Crippen molar-refractivity contribution in [2.75, 3.05) is 11.0 Å². The van der Waals surface area contributed by atoms with E-state index in [4.69, 9.17) is 19.2 Å². The number of fused-ring (bicyclic) bond motifs is 15. The van der Waals surface area contributed by atoms with Gasteiger partial charge in [-0.15, -0.1) is 45.1 Å². The molecule has 11 nitrogen and oxygen atoms in total. The normalized spacial score (nSPS) is 11.5. The van der Waals surface area contributed by atoms with E-state index in [1.165, 1.54) is 138 Å². The molecule has 26 rings (SSSR count). The Morgan fingerprint density at radius 3 is 1.10 bits per heavy atom. The Balaban J connectivity index is 0.000000128. The van der Waals surface area contributed by atoms with Crippen molar-refractivity contribution < 1.29 is 32.9 Å². The molecule has 0 saturated heterocycles. The van der Waals surface area contributed by atoms with Gasteiger partial charge in [0.05, 0.1) is 40.9 Å². The molecule has 1 aliphatic carbocycles. The maximum Gasteiger partial charge on any atom is 1.20 e. The first-order valence-electron chi connectivity index (χ1n) is 47.0. The quantitative estimate of drug-likeness (QED) is 0.0536. The predicted octanol–water partition coefficient (Wildman–Crippen LogP) is 32.7. The van der Waals surface area contributed by atoms with Gasteiger partial charge in [-0.25, -0.2) is 0 Å². The molecular weight excluding hydrogens is 1950 g/mol. The van der Waals surface area contributed by atoms with Crippen molar-refractivity contribution in [1.82, 2.24) is 33.6 Å². The molecule has 685 valence electrons. The Kier molecular flexibility index (Phi) is 27.7. The Labute approximate surface area is 850 Å². The smallest absolute Gasteiger partial charge is 0.576 e. The number of hydrogen-bond donors (Lipinski definition) is 0. The number of nitrogens with zero attached hydrogens (tertiary/aromatic N) is 8. The number of aromatic nitrogens is 7. The summed E-state index contributed by atoms with van der Waals surface area (Å²) in [6, 6.07) is 170. The zero-order valence-corrected chi connectivity index (χ0v) is 82.1. The fourth-order valence-electron chi connectivity index (χ4n) is 19.5. The van der Waals surface area contributed by atoms with E-state index in [9.17, 15) is 0 Å². The van der Waals surface area contributed by atoms with Crippen LogP contribution in [0, 0.1) is 6.07 Å². The van der Waals surface area contributed by atoms with Gasteiger partial charge in [0.1, 0.15) is 33.8 Å². The van der Waals surface area contributed by atoms with Crippen LogP contribution in [-0.4, -0.2) is 62.7 Å². The second-order valence-corrected chi connectivity index (χ2v) is 36.6. The topological polar surface area (TPSA) is 97.3 Å². The molecule has 25 aromatic rings. The molecule has 7 heterocycles. The first-order valence-corrected chi connectivity index (χ1v) is 49.2. The SMILES string of the molecule is C.CC1(C)c2ccccc2-c2ccc(N(c3ccc(-c4ccccc4)cc3)c3ccc(-c4ccc5c(c4)c4ccccc4n5-c4ccccc4)cc3)cc21.[B]CP.[HH].[Ir].[c-]1ccccc1-c1ccccn1.c1ccc2c(c1)c1ccccc1n2-c1ccc(-c2ccc(-n3c4ccccc4c4ccccc43)cc2)cc1.c1cnc2c([O][Al]([O]c3cccc4cccnc34)[O]c3cccc4cccnc34)cccc2c1. The summed E-state index contributed by atoms with van der Waals surface area (Å²) < 4.78 is 26.3. The molecular formula is C127H98AlBIrN8O3P-. The third-order valence-corrected chi connectivity index (χ3v) is 27.4. The van der Waals surface area contributed by atoms with Crippen molar-refractivity contribution in [2.24, 2.45) is 0 Å². The van der Waals surface area contributed by atoms with Crippen LogP contribution in [0.15, 0.2) is 498 Å². The molecule has 0 fully saturated rings. The summed E-state index contributed by atoms with van der Waals surface area (Å²) in [4.78, 5) is 20.1. The first-order chi connectivity index (χ1) is 69.1. The van der Waals surface area contributed by atoms with Gasteiger partial charge in [0, 0.05) is 134 Å². The summed E-state index contributed by atoms with van der Waals surface area (Å²) in [5.41, 5.74) is 31.1. The molecule has 7 aromatic heterocycles. The summed E-state index contributed by atoms with van der Waals surface area (Å²) in [6.07, 6.45) is 7.03. The average molecular weight is 2050 g/mol. The van der Waals surface area contributed by atoms with Gasteiger partial charge in [0.15, 0.2) is 0 Å². The van der Waals surface area contributed by atoms with E-state index in [0.717, 1.165) is 61.0 Å². The second kappa shape index (κ2) is 42.1. The molecule has 0 spiro atoms. The molecule has 3 radical (unpaired) electrons. The second-order valence-electron chi connectivity index (χ2n) is 34.8. The van der Waals surface area contributed by atoms with Crippen LogP contribution in [0.1, 0.15) is 33.8 Å². The standard InChI is InChI=1S/C51H38N2.C36H24N2.C11H8N.3C9H7NO.CH4BP.CH4.Al.Ir.H2/c1-51(2)47-19-11-9-17-43(47)44-31-30-42(34-48(44)51)52(40-26-21-36(22-27-40)35-13-5-3-6-14-35)41-28-23-37(24-29-41)38-25-32-50-46(33-38)45-18-10-12-20-49(45)53(50)39-15-7-4-8-16-39;1-5-13-33-29(9-1)30-10-2-6-14-34(30)37(33)27-21-17-25(18-22-27)26-19-23-28(24-20-26)38-35-15-7-3-11-31(35)32-12-4-8-16-36(32)38;1-2-6-10(7-3-1)11-8-4-5-9-12-11;3*11-8-5-1-3-7-4-2-6-10-9(7)8;2-1-3;;;;/h3-34H,1-2H3;1-24H;1-6,8-9H;3*1-6,11H;1,3H2;1H4;;;1H/q;;-1;;;;;;+3;;/p-3. The third kappa shape index (κ3) is 18.8. The van der Waals surface area contributed by atoms with E-state index in [0.29, 0.717) is 23.3 Å². The van der Waals surface area contributed by atoms with E-state index in [1.807, 2.05) is 133 Å². The Morgan fingerprint density at radius 1 is 0.310 bits per heavy atom. The largest absolute Gasteiger partial charge is 1.20 e. The molecule has 142 heavy (non-hydrogen) atoms. The molecule has 1 atom stereocenters. The molecule has 1 unspecified atom stereocenters. The Bertz CT molecular complexity index is 8260. The zero-order valence-electron chi connectivity index (χ0n) is 77.4. The zero-order chi connectivity index (χ0) is 94.3. The number of pyridine rings is 4. The van der Waals surface area contributed by atoms with Crippen LogP contribution < -0.4 is 16.3 Å². The van der Waals surface area contributed by atoms with Gasteiger partial charge in [-0.05, 0) is 219 Å². The van der Waals surface area contributed by atoms with Gasteiger partial charge < -0.3 is 35.0 Å². The van der Waals surface area contributed by atoms with Gasteiger partial charge in [-0.1, -0.05) is 319 Å². The number of anilines is 3. The summed E-state index contributed by atoms with van der Waals surface area (Å²) in [6.45, 7) is 4.70. The van der Waals surface area contributed by atoms with Crippen LogP contribution in [0.4, 0.5) is 17.1 Å². The number of hydrogen-bond acceptors (Lipinski definition) is 8. The maximum atomic E-state index is 6.41. The van der Waals surface area contributed by atoms with Crippen LogP contribution >= 0.6 is 9.24 Å². The number of benzene rings is 18. The minimum absolute atomic E-state index is 0. The van der Waals surface area contributed by atoms with Crippen LogP contribution in [0.3, 0.4) is 0 Å². The van der Waals surface area contributed by atoms with Gasteiger partial charge in [0.2, 0.25) is 0 Å². The van der Waals surface area contributed by atoms with Crippen molar-refractivity contribution in [2.45, 2.75) is 26.7 Å². The summed E-state index contributed by atoms with van der Waals surface area (Å²) in [7, 11) is 7.17. The number of para-hydroxylation sites is 9. The third-order valence-electron chi connectivity index (χ3n) is 26.1. The van der Waals surface area contributed by atoms with Crippen LogP contribution in [0.5, 0.6) is 17.2 Å². The number of rotatable bonds is 16. The fourth-order valence-corrected chi connectivity index (χ4v) is 20.8. The summed E-state index contributed by atoms with van der Waals surface area (Å²) in [5, 5.41) is 10.6. The molecule has 0 aliphatic heterocycles. The van der Waals surface area contributed by atoms with Crippen molar-refractivity contribution >= 4 is 147 Å². The van der Waals surface area contributed by atoms with Crippen molar-refractivity contribution in [3.05, 3.63) is 515 Å². The summed E-state index contributed by atoms with van der Waals surface area (Å²) in [5.74, 6) is 1.82. The monoisotopic (exact) mass is 2040 g/mol. The molecule has 15 heteroatoms. The van der Waals surface area contributed by atoms with Crippen LogP contribution in [-0.2, 0) is 25.5 Å². The Morgan fingerprint density at radius 2 is 0.655 bits per heavy atom. The van der Waals surface area contributed by atoms with E-state index in [-0.39, 0.29) is 34.4 Å². The van der Waals surface area contributed by atoms with Gasteiger partial charge in [-0.3, -0.25) is 15.0 Å². The molecule has 0 N–H and O–H groups in total. The predicted molar refractivity (Wildman–Crippen MR) is 595 cm³/mol. The minimum Gasteiger partial charge on any atom is -0.576 e.